The van der Waals surface area contributed by atoms with Crippen molar-refractivity contribution in [3.8, 4) is 0 Å². The van der Waals surface area contributed by atoms with Gasteiger partial charge in [-0.1, -0.05) is 24.6 Å². The maximum atomic E-state index is 12.2. The molecule has 0 bridgehead atoms. The van der Waals surface area contributed by atoms with Crippen molar-refractivity contribution in [2.75, 3.05) is 19.0 Å². The summed E-state index contributed by atoms with van der Waals surface area (Å²) in [6, 6.07) is 9.12. The molecule has 1 aromatic carbocycles. The molecule has 1 N–H and O–H groups in total. The molecule has 0 aliphatic heterocycles. The van der Waals surface area contributed by atoms with Crippen LogP contribution in [0.15, 0.2) is 35.9 Å². The minimum absolute atomic E-state index is 0.0781. The van der Waals surface area contributed by atoms with Crippen LogP contribution in [0.1, 0.15) is 63.4 Å². The highest BCUT2D eigenvalue weighted by Crippen LogP contribution is 2.64. The average molecular weight is 394 g/mol. The summed E-state index contributed by atoms with van der Waals surface area (Å²) in [5, 5.41) is 10.8. The fourth-order valence-corrected chi connectivity index (χ4v) is 7.56. The van der Waals surface area contributed by atoms with Crippen molar-refractivity contribution >= 4 is 11.5 Å². The minimum Gasteiger partial charge on any atom is -0.393 e. The van der Waals surface area contributed by atoms with Gasteiger partial charge in [-0.2, -0.15) is 0 Å². The SMILES string of the molecule is CN(C)c1ccc([C@@H]2CC3=CC(=O)CC[C@@H]3[C@H]3CC[C@]4(C)[C@@H](O)CC[C@H]4[C@@H]32)cc1. The predicted octanol–water partition coefficient (Wildman–Crippen LogP) is 4.95. The van der Waals surface area contributed by atoms with E-state index in [2.05, 4.69) is 50.2 Å². The lowest BCUT2D eigenvalue weighted by molar-refractivity contribution is -0.116. The van der Waals surface area contributed by atoms with Crippen molar-refractivity contribution in [3.05, 3.63) is 41.5 Å². The average Bonchev–Trinajstić information content (AvgIpc) is 3.02. The van der Waals surface area contributed by atoms with Gasteiger partial charge >= 0.3 is 0 Å². The molecule has 0 amide bonds. The van der Waals surface area contributed by atoms with E-state index < -0.39 is 0 Å². The normalized spacial score (nSPS) is 41.2. The number of allylic oxidation sites excluding steroid dienone is 1. The van der Waals surface area contributed by atoms with Gasteiger partial charge in [0.25, 0.3) is 0 Å². The first-order valence-electron chi connectivity index (χ1n) is 11.6. The summed E-state index contributed by atoms with van der Waals surface area (Å²) in [6.45, 7) is 2.35. The molecule has 3 fully saturated rings. The number of nitrogens with zero attached hydrogens (tertiary/aromatic N) is 1. The van der Waals surface area contributed by atoms with Gasteiger partial charge in [-0.05, 0) is 97.3 Å². The lowest BCUT2D eigenvalue weighted by Gasteiger charge is -2.56. The zero-order valence-electron chi connectivity index (χ0n) is 18.1. The molecule has 3 saturated carbocycles. The molecule has 0 radical (unpaired) electrons. The highest BCUT2D eigenvalue weighted by atomic mass is 16.3. The Kier molecular flexibility index (Phi) is 4.66. The monoisotopic (exact) mass is 393 g/mol. The number of benzene rings is 1. The van der Waals surface area contributed by atoms with E-state index in [1.54, 1.807) is 0 Å². The van der Waals surface area contributed by atoms with Gasteiger partial charge in [-0.3, -0.25) is 4.79 Å². The Morgan fingerprint density at radius 2 is 1.79 bits per heavy atom. The molecule has 0 aromatic heterocycles. The van der Waals surface area contributed by atoms with Gasteiger partial charge < -0.3 is 10.0 Å². The maximum Gasteiger partial charge on any atom is 0.155 e. The number of aliphatic hydroxyl groups is 1. The summed E-state index contributed by atoms with van der Waals surface area (Å²) in [7, 11) is 4.17. The fourth-order valence-electron chi connectivity index (χ4n) is 7.56. The fraction of sp³-hybridized carbons (Fsp3) is 0.654. The van der Waals surface area contributed by atoms with Crippen LogP contribution in [-0.4, -0.2) is 31.1 Å². The zero-order chi connectivity index (χ0) is 20.3. The van der Waals surface area contributed by atoms with Crippen molar-refractivity contribution < 1.29 is 9.90 Å². The molecule has 3 nitrogen and oxygen atoms in total. The molecule has 1 aromatic rings. The molecule has 0 unspecified atom stereocenters. The quantitative estimate of drug-likeness (QED) is 0.773. The van der Waals surface area contributed by atoms with Crippen LogP contribution in [0.5, 0.6) is 0 Å². The third-order valence-corrected chi connectivity index (χ3v) is 9.13. The smallest absolute Gasteiger partial charge is 0.155 e. The molecule has 0 spiro atoms. The second-order valence-electron chi connectivity index (χ2n) is 10.6. The molecule has 4 aliphatic rings. The van der Waals surface area contributed by atoms with Crippen LogP contribution in [0.2, 0.25) is 0 Å². The summed E-state index contributed by atoms with van der Waals surface area (Å²) in [5.41, 5.74) is 4.16. The third kappa shape index (κ3) is 3.00. The Balaban J connectivity index is 1.56. The molecule has 0 heterocycles. The minimum atomic E-state index is -0.143. The van der Waals surface area contributed by atoms with E-state index in [1.807, 2.05) is 6.08 Å². The highest BCUT2D eigenvalue weighted by molar-refractivity contribution is 5.91. The number of rotatable bonds is 2. The largest absolute Gasteiger partial charge is 0.393 e. The number of carbonyl (C=O) groups excluding carboxylic acids is 1. The van der Waals surface area contributed by atoms with E-state index in [1.165, 1.54) is 23.2 Å². The van der Waals surface area contributed by atoms with E-state index in [-0.39, 0.29) is 11.5 Å². The van der Waals surface area contributed by atoms with Crippen LogP contribution < -0.4 is 4.90 Å². The Hall–Kier alpha value is -1.61. The van der Waals surface area contributed by atoms with E-state index in [4.69, 9.17) is 0 Å². The molecule has 7 atom stereocenters. The number of carbonyl (C=O) groups is 1. The Bertz CT molecular complexity index is 826. The van der Waals surface area contributed by atoms with Gasteiger partial charge in [0.05, 0.1) is 6.10 Å². The summed E-state index contributed by atoms with van der Waals surface area (Å²) < 4.78 is 0. The van der Waals surface area contributed by atoms with Crippen molar-refractivity contribution in [3.63, 3.8) is 0 Å². The van der Waals surface area contributed by atoms with Crippen LogP contribution in [0.25, 0.3) is 0 Å². The summed E-state index contributed by atoms with van der Waals surface area (Å²) in [5.74, 6) is 3.30. The summed E-state index contributed by atoms with van der Waals surface area (Å²) in [4.78, 5) is 14.4. The van der Waals surface area contributed by atoms with E-state index >= 15 is 0 Å². The second kappa shape index (κ2) is 6.97. The predicted molar refractivity (Wildman–Crippen MR) is 117 cm³/mol. The van der Waals surface area contributed by atoms with Crippen molar-refractivity contribution in [2.45, 2.75) is 63.9 Å². The molecule has 156 valence electrons. The summed E-state index contributed by atoms with van der Waals surface area (Å²) in [6.07, 6.45) is 9.13. The number of ketones is 1. The van der Waals surface area contributed by atoms with Crippen LogP contribution in [0.3, 0.4) is 0 Å². The van der Waals surface area contributed by atoms with Crippen molar-refractivity contribution in [2.24, 2.45) is 29.1 Å². The standard InChI is InChI=1S/C26H35NO2/c1-26-13-12-21-20-9-8-19(28)14-17(20)15-22(25(21)23(26)10-11-24(26)29)16-4-6-18(7-5-16)27(2)3/h4-7,14,20-25,29H,8-13,15H2,1-3H3/t20-,21+,22-,23-,24-,25-,26-/m0/s1. The number of hydrogen-bond donors (Lipinski definition) is 1. The molecule has 0 saturated heterocycles. The first-order valence-corrected chi connectivity index (χ1v) is 11.6. The zero-order valence-corrected chi connectivity index (χ0v) is 18.1. The molecule has 3 heteroatoms. The van der Waals surface area contributed by atoms with E-state index in [0.717, 1.165) is 38.5 Å². The lowest BCUT2D eigenvalue weighted by Crippen LogP contribution is -2.50. The van der Waals surface area contributed by atoms with Crippen LogP contribution in [0.4, 0.5) is 5.69 Å². The van der Waals surface area contributed by atoms with E-state index in [9.17, 15) is 9.90 Å². The third-order valence-electron chi connectivity index (χ3n) is 9.13. The number of hydrogen-bond acceptors (Lipinski definition) is 3. The number of fused-ring (bicyclic) bond motifs is 5. The van der Waals surface area contributed by atoms with Crippen LogP contribution >= 0.6 is 0 Å². The van der Waals surface area contributed by atoms with Gasteiger partial charge in [0, 0.05) is 26.2 Å². The maximum absolute atomic E-state index is 12.2. The first kappa shape index (κ1) is 19.4. The molecule has 29 heavy (non-hydrogen) atoms. The van der Waals surface area contributed by atoms with Crippen molar-refractivity contribution in [1.29, 1.82) is 0 Å². The second-order valence-corrected chi connectivity index (χ2v) is 10.6. The molecular weight excluding hydrogens is 358 g/mol. The molecular formula is C26H35NO2. The number of anilines is 1. The van der Waals surface area contributed by atoms with Gasteiger partial charge in [-0.15, -0.1) is 0 Å². The van der Waals surface area contributed by atoms with Crippen LogP contribution in [-0.2, 0) is 4.79 Å². The van der Waals surface area contributed by atoms with Gasteiger partial charge in [0.1, 0.15) is 0 Å². The lowest BCUT2D eigenvalue weighted by atomic mass is 9.48. The molecule has 4 aliphatic carbocycles. The first-order chi connectivity index (χ1) is 13.9. The van der Waals surface area contributed by atoms with Gasteiger partial charge in [0.2, 0.25) is 0 Å². The number of aliphatic hydroxyl groups excluding tert-OH is 1. The van der Waals surface area contributed by atoms with Gasteiger partial charge in [-0.25, -0.2) is 0 Å². The topological polar surface area (TPSA) is 40.5 Å². The van der Waals surface area contributed by atoms with Gasteiger partial charge in [0.15, 0.2) is 5.78 Å². The Morgan fingerprint density at radius 1 is 1.03 bits per heavy atom. The molecule has 5 rings (SSSR count). The Morgan fingerprint density at radius 3 is 2.52 bits per heavy atom. The van der Waals surface area contributed by atoms with Crippen molar-refractivity contribution in [1.82, 2.24) is 0 Å². The Labute approximate surface area is 175 Å². The van der Waals surface area contributed by atoms with Crippen LogP contribution in [0, 0.1) is 29.1 Å². The highest BCUT2D eigenvalue weighted by Gasteiger charge is 2.58. The summed E-state index contributed by atoms with van der Waals surface area (Å²) >= 11 is 0. The van der Waals surface area contributed by atoms with E-state index in [0.29, 0.717) is 35.4 Å².